The number of amides is 2. The number of nitrogens with two attached hydrogens (primary N) is 1. The molecule has 0 radical (unpaired) electrons. The smallest absolute Gasteiger partial charge is 0.255 e. The van der Waals surface area contributed by atoms with Crippen LogP contribution in [0.5, 0.6) is 0 Å². The van der Waals surface area contributed by atoms with Gasteiger partial charge in [0.25, 0.3) is 5.91 Å². The average Bonchev–Trinajstić information content (AvgIpc) is 2.43. The van der Waals surface area contributed by atoms with Crippen LogP contribution >= 0.6 is 15.9 Å². The molecule has 0 atom stereocenters. The van der Waals surface area contributed by atoms with Crippen LogP contribution in [-0.4, -0.2) is 11.8 Å². The molecule has 0 unspecified atom stereocenters. The summed E-state index contributed by atoms with van der Waals surface area (Å²) in [6, 6.07) is 10.3. The van der Waals surface area contributed by atoms with Gasteiger partial charge in [-0.1, -0.05) is 15.9 Å². The van der Waals surface area contributed by atoms with E-state index in [1.165, 1.54) is 0 Å². The maximum absolute atomic E-state index is 12.2. The Balaban J connectivity index is 2.23. The van der Waals surface area contributed by atoms with Crippen molar-refractivity contribution in [2.24, 2.45) is 5.73 Å². The van der Waals surface area contributed by atoms with E-state index in [1.54, 1.807) is 24.3 Å². The molecular weight excluding hydrogens is 332 g/mol. The topological polar surface area (TPSA) is 72.2 Å². The zero-order valence-electron chi connectivity index (χ0n) is 11.7. The summed E-state index contributed by atoms with van der Waals surface area (Å²) in [7, 11) is 0. The first-order valence-corrected chi connectivity index (χ1v) is 7.15. The summed E-state index contributed by atoms with van der Waals surface area (Å²) in [5, 5.41) is 2.83. The molecule has 2 amide bonds. The second kappa shape index (κ2) is 6.10. The van der Waals surface area contributed by atoms with E-state index in [-0.39, 0.29) is 5.91 Å². The number of benzene rings is 2. The zero-order chi connectivity index (χ0) is 15.6. The first kappa shape index (κ1) is 15.3. The van der Waals surface area contributed by atoms with Gasteiger partial charge in [-0.25, -0.2) is 0 Å². The normalized spacial score (nSPS) is 10.2. The Bertz CT molecular complexity index is 726. The molecular formula is C16H15BrN2O2. The van der Waals surface area contributed by atoms with Crippen LogP contribution in [0.4, 0.5) is 5.69 Å². The molecule has 5 heteroatoms. The van der Waals surface area contributed by atoms with Gasteiger partial charge in [-0.05, 0) is 61.4 Å². The zero-order valence-corrected chi connectivity index (χ0v) is 13.3. The highest BCUT2D eigenvalue weighted by Crippen LogP contribution is 2.20. The molecule has 0 bridgehead atoms. The highest BCUT2D eigenvalue weighted by molar-refractivity contribution is 9.10. The van der Waals surface area contributed by atoms with Gasteiger partial charge in [-0.3, -0.25) is 9.59 Å². The van der Waals surface area contributed by atoms with Crippen LogP contribution < -0.4 is 11.1 Å². The van der Waals surface area contributed by atoms with Crippen LogP contribution in [0.25, 0.3) is 0 Å². The summed E-state index contributed by atoms with van der Waals surface area (Å²) in [6.07, 6.45) is 0. The SMILES string of the molecule is Cc1cc(C(=O)Nc2ccc(C(N)=O)cc2C)ccc1Br. The van der Waals surface area contributed by atoms with Crippen LogP contribution in [0.3, 0.4) is 0 Å². The summed E-state index contributed by atoms with van der Waals surface area (Å²) < 4.78 is 0.959. The molecule has 0 heterocycles. The van der Waals surface area contributed by atoms with Gasteiger partial charge in [0.1, 0.15) is 0 Å². The average molecular weight is 347 g/mol. The third kappa shape index (κ3) is 3.49. The molecule has 0 spiro atoms. The lowest BCUT2D eigenvalue weighted by atomic mass is 10.1. The number of carbonyl (C=O) groups is 2. The van der Waals surface area contributed by atoms with Gasteiger partial charge < -0.3 is 11.1 Å². The van der Waals surface area contributed by atoms with Crippen molar-refractivity contribution >= 4 is 33.4 Å². The van der Waals surface area contributed by atoms with Crippen LogP contribution in [0.2, 0.25) is 0 Å². The summed E-state index contributed by atoms with van der Waals surface area (Å²) in [5.74, 6) is -0.681. The summed E-state index contributed by atoms with van der Waals surface area (Å²) in [6.45, 7) is 3.74. The third-order valence-corrected chi connectivity index (χ3v) is 4.07. The van der Waals surface area contributed by atoms with Gasteiger partial charge in [-0.2, -0.15) is 0 Å². The molecule has 108 valence electrons. The highest BCUT2D eigenvalue weighted by atomic mass is 79.9. The van der Waals surface area contributed by atoms with E-state index in [4.69, 9.17) is 5.73 Å². The van der Waals surface area contributed by atoms with Gasteiger partial charge in [0.2, 0.25) is 5.91 Å². The highest BCUT2D eigenvalue weighted by Gasteiger charge is 2.10. The van der Waals surface area contributed by atoms with E-state index in [9.17, 15) is 9.59 Å². The fourth-order valence-corrected chi connectivity index (χ4v) is 2.18. The van der Waals surface area contributed by atoms with Crippen LogP contribution in [0, 0.1) is 13.8 Å². The minimum atomic E-state index is -0.487. The largest absolute Gasteiger partial charge is 0.366 e. The molecule has 21 heavy (non-hydrogen) atoms. The number of hydrogen-bond acceptors (Lipinski definition) is 2. The van der Waals surface area contributed by atoms with Crippen molar-refractivity contribution in [3.63, 3.8) is 0 Å². The van der Waals surface area contributed by atoms with E-state index >= 15 is 0 Å². The van der Waals surface area contributed by atoms with Crippen molar-refractivity contribution in [1.29, 1.82) is 0 Å². The Morgan fingerprint density at radius 1 is 1.00 bits per heavy atom. The molecule has 0 aromatic heterocycles. The maximum atomic E-state index is 12.2. The van der Waals surface area contributed by atoms with Crippen LogP contribution in [0.15, 0.2) is 40.9 Å². The second-order valence-electron chi connectivity index (χ2n) is 4.81. The fraction of sp³-hybridized carbons (Fsp3) is 0.125. The summed E-state index contributed by atoms with van der Waals surface area (Å²) >= 11 is 3.40. The number of primary amides is 1. The fourth-order valence-electron chi connectivity index (χ4n) is 1.94. The molecule has 0 saturated heterocycles. The Labute approximate surface area is 131 Å². The minimum absolute atomic E-state index is 0.194. The summed E-state index contributed by atoms with van der Waals surface area (Å²) in [5.41, 5.74) is 8.66. The monoisotopic (exact) mass is 346 g/mol. The van der Waals surface area contributed by atoms with Crippen LogP contribution in [-0.2, 0) is 0 Å². The molecule has 3 N–H and O–H groups in total. The number of anilines is 1. The number of hydrogen-bond donors (Lipinski definition) is 2. The van der Waals surface area contributed by atoms with Gasteiger partial charge in [0, 0.05) is 21.3 Å². The van der Waals surface area contributed by atoms with Crippen molar-refractivity contribution in [2.45, 2.75) is 13.8 Å². The first-order chi connectivity index (χ1) is 9.88. The lowest BCUT2D eigenvalue weighted by molar-refractivity contribution is 0.0998. The quantitative estimate of drug-likeness (QED) is 0.893. The predicted octanol–water partition coefficient (Wildman–Crippen LogP) is 3.42. The van der Waals surface area contributed by atoms with Crippen molar-refractivity contribution in [3.05, 3.63) is 63.1 Å². The van der Waals surface area contributed by atoms with Crippen LogP contribution in [0.1, 0.15) is 31.8 Å². The van der Waals surface area contributed by atoms with E-state index < -0.39 is 5.91 Å². The Hall–Kier alpha value is -2.14. The van der Waals surface area contributed by atoms with Crippen molar-refractivity contribution in [1.82, 2.24) is 0 Å². The molecule has 0 aliphatic carbocycles. The molecule has 4 nitrogen and oxygen atoms in total. The minimum Gasteiger partial charge on any atom is -0.366 e. The van der Waals surface area contributed by atoms with E-state index in [0.29, 0.717) is 16.8 Å². The molecule has 2 rings (SSSR count). The van der Waals surface area contributed by atoms with Gasteiger partial charge in [0.05, 0.1) is 0 Å². The Morgan fingerprint density at radius 3 is 2.19 bits per heavy atom. The van der Waals surface area contributed by atoms with E-state index in [1.807, 2.05) is 26.0 Å². The maximum Gasteiger partial charge on any atom is 0.255 e. The Kier molecular flexibility index (Phi) is 4.43. The van der Waals surface area contributed by atoms with Gasteiger partial charge >= 0.3 is 0 Å². The first-order valence-electron chi connectivity index (χ1n) is 6.36. The van der Waals surface area contributed by atoms with E-state index in [0.717, 1.165) is 15.6 Å². The molecule has 0 fully saturated rings. The van der Waals surface area contributed by atoms with Gasteiger partial charge in [0.15, 0.2) is 0 Å². The molecule has 0 aliphatic heterocycles. The van der Waals surface area contributed by atoms with Gasteiger partial charge in [-0.15, -0.1) is 0 Å². The lowest BCUT2D eigenvalue weighted by Crippen LogP contribution is -2.14. The second-order valence-corrected chi connectivity index (χ2v) is 5.67. The predicted molar refractivity (Wildman–Crippen MR) is 86.5 cm³/mol. The summed E-state index contributed by atoms with van der Waals surface area (Å²) in [4.78, 5) is 23.3. The Morgan fingerprint density at radius 2 is 1.62 bits per heavy atom. The molecule has 2 aromatic rings. The standard InChI is InChI=1S/C16H15BrN2O2/c1-9-7-12(3-5-13(9)17)16(21)19-14-6-4-11(15(18)20)8-10(14)2/h3-8H,1-2H3,(H2,18,20)(H,19,21). The number of nitrogens with one attached hydrogen (secondary N) is 1. The number of rotatable bonds is 3. The van der Waals surface area contributed by atoms with Crippen molar-refractivity contribution < 1.29 is 9.59 Å². The third-order valence-electron chi connectivity index (χ3n) is 3.18. The number of halogens is 1. The molecule has 2 aromatic carbocycles. The number of carbonyl (C=O) groups excluding carboxylic acids is 2. The number of aryl methyl sites for hydroxylation is 2. The lowest BCUT2D eigenvalue weighted by Gasteiger charge is -2.10. The van der Waals surface area contributed by atoms with Crippen molar-refractivity contribution in [3.8, 4) is 0 Å². The van der Waals surface area contributed by atoms with E-state index in [2.05, 4.69) is 21.2 Å². The molecule has 0 aliphatic rings. The molecule has 0 saturated carbocycles. The van der Waals surface area contributed by atoms with Crippen molar-refractivity contribution in [2.75, 3.05) is 5.32 Å².